The Hall–Kier alpha value is -1.04. The van der Waals surface area contributed by atoms with Crippen LogP contribution in [0.5, 0.6) is 0 Å². The van der Waals surface area contributed by atoms with Crippen molar-refractivity contribution in [3.05, 3.63) is 28.2 Å². The molecule has 1 aromatic rings. The number of benzene rings is 1. The summed E-state index contributed by atoms with van der Waals surface area (Å²) in [7, 11) is 1.49. The van der Waals surface area contributed by atoms with Crippen LogP contribution in [-0.4, -0.2) is 19.1 Å². The van der Waals surface area contributed by atoms with E-state index in [1.807, 2.05) is 0 Å². The van der Waals surface area contributed by atoms with Crippen LogP contribution < -0.4 is 4.90 Å². The number of carbonyl (C=O) groups is 1. The minimum Gasteiger partial charge on any atom is -0.315 e. The minimum atomic E-state index is -4.34. The largest absolute Gasteiger partial charge is 0.390 e. The standard InChI is InChI=1S/C11H9BrF3NO/c1-16-9-3-2-6(12)4-7(9)8(10(16)17)5-11(13,14)15/h2-4,8H,5H2,1H3. The Morgan fingerprint density at radius 3 is 2.65 bits per heavy atom. The molecule has 0 fully saturated rings. The van der Waals surface area contributed by atoms with Crippen LogP contribution in [0.2, 0.25) is 0 Å². The number of likely N-dealkylation sites (N-methyl/N-ethyl adjacent to an activating group) is 1. The molecule has 0 saturated carbocycles. The number of hydrogen-bond donors (Lipinski definition) is 0. The monoisotopic (exact) mass is 307 g/mol. The highest BCUT2D eigenvalue weighted by molar-refractivity contribution is 9.10. The van der Waals surface area contributed by atoms with Gasteiger partial charge in [0.25, 0.3) is 0 Å². The number of anilines is 1. The van der Waals surface area contributed by atoms with E-state index in [-0.39, 0.29) is 0 Å². The van der Waals surface area contributed by atoms with E-state index >= 15 is 0 Å². The highest BCUT2D eigenvalue weighted by atomic mass is 79.9. The predicted octanol–water partition coefficient (Wildman–Crippen LogP) is 3.46. The average molecular weight is 308 g/mol. The van der Waals surface area contributed by atoms with Crippen LogP contribution >= 0.6 is 15.9 Å². The van der Waals surface area contributed by atoms with Crippen molar-refractivity contribution in [2.24, 2.45) is 0 Å². The van der Waals surface area contributed by atoms with Gasteiger partial charge >= 0.3 is 6.18 Å². The van der Waals surface area contributed by atoms with E-state index in [0.717, 1.165) is 0 Å². The van der Waals surface area contributed by atoms with Crippen LogP contribution in [0, 0.1) is 0 Å². The first-order valence-corrected chi connectivity index (χ1v) is 5.72. The lowest BCUT2D eigenvalue weighted by Gasteiger charge is -2.12. The van der Waals surface area contributed by atoms with Gasteiger partial charge in [0.1, 0.15) is 0 Å². The van der Waals surface area contributed by atoms with Gasteiger partial charge < -0.3 is 4.90 Å². The molecule has 0 bridgehead atoms. The minimum absolute atomic E-state index is 0.434. The van der Waals surface area contributed by atoms with Gasteiger partial charge in [-0.3, -0.25) is 4.79 Å². The van der Waals surface area contributed by atoms with Gasteiger partial charge in [0.05, 0.1) is 12.3 Å². The normalized spacial score (nSPS) is 19.7. The lowest BCUT2D eigenvalue weighted by atomic mass is 9.97. The number of carbonyl (C=O) groups excluding carboxylic acids is 1. The lowest BCUT2D eigenvalue weighted by Crippen LogP contribution is -2.26. The summed E-state index contributed by atoms with van der Waals surface area (Å²) in [4.78, 5) is 13.0. The first-order valence-electron chi connectivity index (χ1n) is 4.93. The van der Waals surface area contributed by atoms with Crippen molar-refractivity contribution >= 4 is 27.5 Å². The smallest absolute Gasteiger partial charge is 0.315 e. The van der Waals surface area contributed by atoms with Crippen LogP contribution in [0.15, 0.2) is 22.7 Å². The summed E-state index contributed by atoms with van der Waals surface area (Å²) in [6.45, 7) is 0. The molecular weight excluding hydrogens is 299 g/mol. The molecule has 6 heteroatoms. The molecule has 0 radical (unpaired) electrons. The van der Waals surface area contributed by atoms with E-state index in [0.29, 0.717) is 15.7 Å². The van der Waals surface area contributed by atoms with E-state index in [2.05, 4.69) is 15.9 Å². The second kappa shape index (κ2) is 4.01. The number of amides is 1. The third kappa shape index (κ3) is 2.31. The third-order valence-electron chi connectivity index (χ3n) is 2.79. The summed E-state index contributed by atoms with van der Waals surface area (Å²) in [5, 5.41) is 0. The van der Waals surface area contributed by atoms with Crippen molar-refractivity contribution in [1.29, 1.82) is 0 Å². The summed E-state index contributed by atoms with van der Waals surface area (Å²) in [5.41, 5.74) is 0.983. The third-order valence-corrected chi connectivity index (χ3v) is 3.28. The molecule has 1 heterocycles. The maximum atomic E-state index is 12.4. The van der Waals surface area contributed by atoms with E-state index in [4.69, 9.17) is 0 Å². The second-order valence-electron chi connectivity index (χ2n) is 3.97. The number of fused-ring (bicyclic) bond motifs is 1. The molecule has 17 heavy (non-hydrogen) atoms. The summed E-state index contributed by atoms with van der Waals surface area (Å²) in [5.74, 6) is -1.62. The molecular formula is C11H9BrF3NO. The number of hydrogen-bond acceptors (Lipinski definition) is 1. The number of alkyl halides is 3. The zero-order valence-electron chi connectivity index (χ0n) is 8.88. The maximum Gasteiger partial charge on any atom is 0.390 e. The summed E-state index contributed by atoms with van der Waals surface area (Å²) < 4.78 is 37.9. The Kier molecular flexibility index (Phi) is 2.93. The van der Waals surface area contributed by atoms with Crippen LogP contribution in [0.4, 0.5) is 18.9 Å². The summed E-state index contributed by atoms with van der Waals surface area (Å²) in [6.07, 6.45) is -5.45. The molecule has 92 valence electrons. The zero-order chi connectivity index (χ0) is 12.8. The van der Waals surface area contributed by atoms with Gasteiger partial charge in [0.15, 0.2) is 0 Å². The number of nitrogens with zero attached hydrogens (tertiary/aromatic N) is 1. The first-order chi connectivity index (χ1) is 7.79. The number of rotatable bonds is 1. The van der Waals surface area contributed by atoms with Crippen LogP contribution in [-0.2, 0) is 4.79 Å². The fourth-order valence-corrected chi connectivity index (χ4v) is 2.40. The molecule has 2 rings (SSSR count). The fourth-order valence-electron chi connectivity index (χ4n) is 2.02. The molecule has 1 amide bonds. The molecule has 1 aliphatic rings. The van der Waals surface area contributed by atoms with E-state index in [1.54, 1.807) is 18.2 Å². The van der Waals surface area contributed by atoms with E-state index < -0.39 is 24.4 Å². The molecule has 1 unspecified atom stereocenters. The summed E-state index contributed by atoms with van der Waals surface area (Å²) >= 11 is 3.20. The van der Waals surface area contributed by atoms with Gasteiger partial charge in [-0.25, -0.2) is 0 Å². The first kappa shape index (κ1) is 12.4. The lowest BCUT2D eigenvalue weighted by molar-refractivity contribution is -0.146. The van der Waals surface area contributed by atoms with Crippen LogP contribution in [0.1, 0.15) is 17.9 Å². The van der Waals surface area contributed by atoms with Crippen LogP contribution in [0.25, 0.3) is 0 Å². The molecule has 1 atom stereocenters. The van der Waals surface area contributed by atoms with Crippen molar-refractivity contribution in [2.75, 3.05) is 11.9 Å². The van der Waals surface area contributed by atoms with Gasteiger partial charge in [0, 0.05) is 17.2 Å². The van der Waals surface area contributed by atoms with Gasteiger partial charge in [-0.2, -0.15) is 13.2 Å². The van der Waals surface area contributed by atoms with Crippen molar-refractivity contribution in [2.45, 2.75) is 18.5 Å². The van der Waals surface area contributed by atoms with Crippen molar-refractivity contribution in [1.82, 2.24) is 0 Å². The average Bonchev–Trinajstić information content (AvgIpc) is 2.42. The molecule has 2 nitrogen and oxygen atoms in total. The molecule has 1 aliphatic heterocycles. The highest BCUT2D eigenvalue weighted by Gasteiger charge is 2.42. The Morgan fingerprint density at radius 1 is 1.41 bits per heavy atom. The topological polar surface area (TPSA) is 20.3 Å². The van der Waals surface area contributed by atoms with Crippen molar-refractivity contribution in [3.63, 3.8) is 0 Å². The van der Waals surface area contributed by atoms with E-state index in [9.17, 15) is 18.0 Å². The quantitative estimate of drug-likeness (QED) is 0.778. The second-order valence-corrected chi connectivity index (χ2v) is 4.89. The van der Waals surface area contributed by atoms with Crippen LogP contribution in [0.3, 0.4) is 0 Å². The molecule has 1 aromatic carbocycles. The molecule has 0 aliphatic carbocycles. The van der Waals surface area contributed by atoms with E-state index in [1.165, 1.54) is 11.9 Å². The maximum absolute atomic E-state index is 12.4. The molecule has 0 aromatic heterocycles. The van der Waals surface area contributed by atoms with Gasteiger partial charge in [-0.1, -0.05) is 15.9 Å². The van der Waals surface area contributed by atoms with Gasteiger partial charge in [-0.05, 0) is 23.8 Å². The fraction of sp³-hybridized carbons (Fsp3) is 0.364. The highest BCUT2D eigenvalue weighted by Crippen LogP contribution is 2.43. The van der Waals surface area contributed by atoms with Crippen molar-refractivity contribution in [3.8, 4) is 0 Å². The summed E-state index contributed by atoms with van der Waals surface area (Å²) in [6, 6.07) is 4.93. The van der Waals surface area contributed by atoms with Gasteiger partial charge in [-0.15, -0.1) is 0 Å². The molecule has 0 N–H and O–H groups in total. The van der Waals surface area contributed by atoms with Gasteiger partial charge in [0.2, 0.25) is 5.91 Å². The molecule has 0 spiro atoms. The Morgan fingerprint density at radius 2 is 2.06 bits per heavy atom. The SMILES string of the molecule is CN1C(=O)C(CC(F)(F)F)c2cc(Br)ccc21. The molecule has 0 saturated heterocycles. The number of halogens is 4. The van der Waals surface area contributed by atoms with Crippen molar-refractivity contribution < 1.29 is 18.0 Å². The Labute approximate surface area is 105 Å². The Bertz CT molecular complexity index is 472. The zero-order valence-corrected chi connectivity index (χ0v) is 10.5. The predicted molar refractivity (Wildman–Crippen MR) is 61.0 cm³/mol. The Balaban J connectivity index is 2.43.